The number of aromatic nitrogens is 2. The largest absolute Gasteiger partial charge is 0.497 e. The Labute approximate surface area is 213 Å². The summed E-state index contributed by atoms with van der Waals surface area (Å²) >= 11 is 0. The number of ether oxygens (including phenoxy) is 1. The number of benzene rings is 2. The van der Waals surface area contributed by atoms with Gasteiger partial charge in [-0.05, 0) is 55.5 Å². The number of piperidine rings is 1. The van der Waals surface area contributed by atoms with Crippen LogP contribution < -0.4 is 4.74 Å². The molecule has 3 heterocycles. The van der Waals surface area contributed by atoms with Crippen molar-refractivity contribution < 1.29 is 14.6 Å². The van der Waals surface area contributed by atoms with Gasteiger partial charge >= 0.3 is 0 Å². The Hall–Kier alpha value is -3.16. The maximum absolute atomic E-state index is 13.6. The Morgan fingerprint density at radius 2 is 2.00 bits per heavy atom. The zero-order valence-corrected chi connectivity index (χ0v) is 21.5. The highest BCUT2D eigenvalue weighted by Gasteiger charge is 2.32. The first-order valence-corrected chi connectivity index (χ1v) is 12.9. The fraction of sp³-hybridized carbons (Fsp3) is 0.448. The SMILES string of the molecule is COc1cccc(Cn2nc(C(=O)N3CCCC(O)C3)c3c2CCN(Cc2ccc(C)cc2C)C3)c1. The van der Waals surface area contributed by atoms with Gasteiger partial charge in [-0.2, -0.15) is 5.10 Å². The molecule has 2 aliphatic rings. The quantitative estimate of drug-likeness (QED) is 0.573. The molecular formula is C29H36N4O3. The molecule has 1 amide bonds. The third kappa shape index (κ3) is 5.18. The Morgan fingerprint density at radius 1 is 1.14 bits per heavy atom. The number of hydrogen-bond acceptors (Lipinski definition) is 5. The highest BCUT2D eigenvalue weighted by molar-refractivity contribution is 5.94. The van der Waals surface area contributed by atoms with Crippen molar-refractivity contribution in [3.05, 3.63) is 81.7 Å². The molecule has 7 nitrogen and oxygen atoms in total. The molecule has 0 saturated carbocycles. The molecule has 190 valence electrons. The van der Waals surface area contributed by atoms with Gasteiger partial charge in [0.15, 0.2) is 5.69 Å². The zero-order chi connectivity index (χ0) is 25.2. The van der Waals surface area contributed by atoms with Crippen LogP contribution >= 0.6 is 0 Å². The van der Waals surface area contributed by atoms with Gasteiger partial charge in [-0.15, -0.1) is 0 Å². The lowest BCUT2D eigenvalue weighted by Gasteiger charge is -2.31. The molecule has 1 N–H and O–H groups in total. The second-order valence-electron chi connectivity index (χ2n) is 10.2. The van der Waals surface area contributed by atoms with Crippen molar-refractivity contribution in [1.82, 2.24) is 19.6 Å². The lowest BCUT2D eigenvalue weighted by atomic mass is 10.0. The van der Waals surface area contributed by atoms with E-state index >= 15 is 0 Å². The molecule has 1 unspecified atom stereocenters. The lowest BCUT2D eigenvalue weighted by Crippen LogP contribution is -2.43. The summed E-state index contributed by atoms with van der Waals surface area (Å²) in [6.45, 7) is 8.38. The molecule has 1 fully saturated rings. The molecule has 3 aromatic rings. The van der Waals surface area contributed by atoms with Crippen LogP contribution in [-0.2, 0) is 26.1 Å². The topological polar surface area (TPSA) is 70.8 Å². The standard InChI is InChI=1S/C29H36N4O3/c1-20-9-10-23(21(2)14-20)17-31-13-11-27-26(19-31)28(29(35)32-12-5-7-24(34)18-32)30-33(27)16-22-6-4-8-25(15-22)36-3/h4,6,8-10,14-15,24,34H,5,7,11-13,16-19H2,1-3H3. The molecule has 0 aliphatic carbocycles. The number of rotatable bonds is 6. The average Bonchev–Trinajstić information content (AvgIpc) is 3.22. The van der Waals surface area contributed by atoms with E-state index in [0.29, 0.717) is 31.9 Å². The zero-order valence-electron chi connectivity index (χ0n) is 21.5. The van der Waals surface area contributed by atoms with E-state index in [2.05, 4.69) is 43.0 Å². The van der Waals surface area contributed by atoms with E-state index < -0.39 is 6.10 Å². The van der Waals surface area contributed by atoms with Crippen LogP contribution in [0.4, 0.5) is 0 Å². The van der Waals surface area contributed by atoms with Gasteiger partial charge in [0, 0.05) is 50.4 Å². The van der Waals surface area contributed by atoms with Gasteiger partial charge in [0.05, 0.1) is 19.8 Å². The van der Waals surface area contributed by atoms with Crippen molar-refractivity contribution in [2.24, 2.45) is 0 Å². The summed E-state index contributed by atoms with van der Waals surface area (Å²) in [4.78, 5) is 17.8. The van der Waals surface area contributed by atoms with E-state index in [1.54, 1.807) is 12.0 Å². The number of carbonyl (C=O) groups excluding carboxylic acids is 1. The predicted molar refractivity (Wildman–Crippen MR) is 139 cm³/mol. The Bertz CT molecular complexity index is 1250. The van der Waals surface area contributed by atoms with Crippen molar-refractivity contribution in [2.45, 2.75) is 58.8 Å². The third-order valence-corrected chi connectivity index (χ3v) is 7.46. The highest BCUT2D eigenvalue weighted by Crippen LogP contribution is 2.28. The Balaban J connectivity index is 1.45. The van der Waals surface area contributed by atoms with Crippen molar-refractivity contribution >= 4 is 5.91 Å². The van der Waals surface area contributed by atoms with Crippen LogP contribution in [0.15, 0.2) is 42.5 Å². The Kier molecular flexibility index (Phi) is 7.12. The van der Waals surface area contributed by atoms with E-state index in [-0.39, 0.29) is 5.91 Å². The molecule has 0 spiro atoms. The minimum Gasteiger partial charge on any atom is -0.497 e. The van der Waals surface area contributed by atoms with Gasteiger partial charge in [0.1, 0.15) is 5.75 Å². The molecule has 0 radical (unpaired) electrons. The molecule has 1 atom stereocenters. The van der Waals surface area contributed by atoms with E-state index in [4.69, 9.17) is 9.84 Å². The first kappa shape index (κ1) is 24.5. The summed E-state index contributed by atoms with van der Waals surface area (Å²) in [7, 11) is 1.67. The number of amides is 1. The van der Waals surface area contributed by atoms with E-state index in [0.717, 1.165) is 54.9 Å². The summed E-state index contributed by atoms with van der Waals surface area (Å²) in [5.74, 6) is 0.745. The van der Waals surface area contributed by atoms with Crippen molar-refractivity contribution in [3.8, 4) is 5.75 Å². The van der Waals surface area contributed by atoms with Crippen LogP contribution in [0.5, 0.6) is 5.75 Å². The molecule has 7 heteroatoms. The van der Waals surface area contributed by atoms with Crippen LogP contribution in [0.1, 0.15) is 56.8 Å². The first-order chi connectivity index (χ1) is 17.4. The second kappa shape index (κ2) is 10.4. The highest BCUT2D eigenvalue weighted by atomic mass is 16.5. The number of aliphatic hydroxyl groups is 1. The minimum atomic E-state index is -0.460. The minimum absolute atomic E-state index is 0.0669. The molecule has 36 heavy (non-hydrogen) atoms. The number of methoxy groups -OCH3 is 1. The van der Waals surface area contributed by atoms with E-state index in [9.17, 15) is 9.90 Å². The molecule has 2 aliphatic heterocycles. The summed E-state index contributed by atoms with van der Waals surface area (Å²) in [5.41, 5.74) is 7.67. The van der Waals surface area contributed by atoms with Gasteiger partial charge in [-0.1, -0.05) is 35.9 Å². The summed E-state index contributed by atoms with van der Waals surface area (Å²) in [6.07, 6.45) is 1.94. The third-order valence-electron chi connectivity index (χ3n) is 7.46. The van der Waals surface area contributed by atoms with Crippen molar-refractivity contribution in [1.29, 1.82) is 0 Å². The number of fused-ring (bicyclic) bond motifs is 1. The van der Waals surface area contributed by atoms with Gasteiger partial charge in [0.25, 0.3) is 5.91 Å². The average molecular weight is 489 g/mol. The summed E-state index contributed by atoms with van der Waals surface area (Å²) in [5, 5.41) is 15.1. The molecule has 2 aromatic carbocycles. The number of likely N-dealkylation sites (tertiary alicyclic amines) is 1. The van der Waals surface area contributed by atoms with Gasteiger partial charge in [0.2, 0.25) is 0 Å². The first-order valence-electron chi connectivity index (χ1n) is 12.9. The van der Waals surface area contributed by atoms with Gasteiger partial charge in [-0.3, -0.25) is 14.4 Å². The van der Waals surface area contributed by atoms with Crippen molar-refractivity contribution in [3.63, 3.8) is 0 Å². The summed E-state index contributed by atoms with van der Waals surface area (Å²) in [6, 6.07) is 14.6. The molecule has 1 aromatic heterocycles. The van der Waals surface area contributed by atoms with E-state index in [1.165, 1.54) is 16.7 Å². The van der Waals surface area contributed by atoms with Crippen LogP contribution in [0.25, 0.3) is 0 Å². The number of aliphatic hydroxyl groups excluding tert-OH is 1. The summed E-state index contributed by atoms with van der Waals surface area (Å²) < 4.78 is 7.41. The maximum atomic E-state index is 13.6. The number of nitrogens with zero attached hydrogens (tertiary/aromatic N) is 4. The van der Waals surface area contributed by atoms with Crippen LogP contribution in [0.3, 0.4) is 0 Å². The lowest BCUT2D eigenvalue weighted by molar-refractivity contribution is 0.0466. The number of β-amino-alcohol motifs (C(OH)–C–C–N with tert-alkyl or cyclic N) is 1. The number of hydrogen-bond donors (Lipinski definition) is 1. The molecular weight excluding hydrogens is 452 g/mol. The predicted octanol–water partition coefficient (Wildman–Crippen LogP) is 3.71. The van der Waals surface area contributed by atoms with Crippen LogP contribution in [0, 0.1) is 13.8 Å². The fourth-order valence-electron chi connectivity index (χ4n) is 5.48. The molecule has 0 bridgehead atoms. The smallest absolute Gasteiger partial charge is 0.274 e. The fourth-order valence-corrected chi connectivity index (χ4v) is 5.48. The molecule has 5 rings (SSSR count). The van der Waals surface area contributed by atoms with Crippen LogP contribution in [0.2, 0.25) is 0 Å². The number of aryl methyl sites for hydroxylation is 2. The number of carbonyl (C=O) groups is 1. The second-order valence-corrected chi connectivity index (χ2v) is 10.2. The maximum Gasteiger partial charge on any atom is 0.274 e. The monoisotopic (exact) mass is 488 g/mol. The molecule has 1 saturated heterocycles. The van der Waals surface area contributed by atoms with Gasteiger partial charge < -0.3 is 14.7 Å². The van der Waals surface area contributed by atoms with Gasteiger partial charge in [-0.25, -0.2) is 0 Å². The normalized spacial score (nSPS) is 18.2. The van der Waals surface area contributed by atoms with E-state index in [1.807, 2.05) is 22.9 Å². The van der Waals surface area contributed by atoms with Crippen LogP contribution in [-0.4, -0.2) is 63.4 Å². The van der Waals surface area contributed by atoms with Crippen molar-refractivity contribution in [2.75, 3.05) is 26.7 Å². The Morgan fingerprint density at radius 3 is 2.78 bits per heavy atom.